The molecule has 0 spiro atoms. The second-order valence-electron chi connectivity index (χ2n) is 5.30. The van der Waals surface area contributed by atoms with Gasteiger partial charge in [-0.3, -0.25) is 4.79 Å². The summed E-state index contributed by atoms with van der Waals surface area (Å²) in [6, 6.07) is 5.59. The molecule has 0 aromatic heterocycles. The van der Waals surface area contributed by atoms with E-state index in [1.807, 2.05) is 6.92 Å². The summed E-state index contributed by atoms with van der Waals surface area (Å²) in [5.74, 6) is -0.408. The molecule has 0 unspecified atom stereocenters. The Morgan fingerprint density at radius 2 is 2.00 bits per heavy atom. The molecule has 3 amide bonds. The first-order valence-electron chi connectivity index (χ1n) is 7.32. The highest BCUT2D eigenvalue weighted by molar-refractivity contribution is 5.85. The maximum absolute atomic E-state index is 12.8. The highest BCUT2D eigenvalue weighted by atomic mass is 35.5. The highest BCUT2D eigenvalue weighted by Crippen LogP contribution is 2.03. The van der Waals surface area contributed by atoms with Crippen molar-refractivity contribution in [1.29, 1.82) is 0 Å². The standard InChI is InChI=1S/C15H21FN4O2.ClH/c1-11-8-17-6-7-20(11)14(21)10-19-15(22)18-9-12-2-4-13(16)5-3-12;/h2-5,11,17H,6-10H2,1H3,(H2,18,19,22);1H/t11-;/m0./s1. The molecule has 0 bridgehead atoms. The first-order valence-corrected chi connectivity index (χ1v) is 7.32. The Kier molecular flexibility index (Phi) is 7.77. The molecule has 23 heavy (non-hydrogen) atoms. The molecule has 1 fully saturated rings. The Balaban J connectivity index is 0.00000264. The second-order valence-corrected chi connectivity index (χ2v) is 5.30. The van der Waals surface area contributed by atoms with Crippen LogP contribution in [0.25, 0.3) is 0 Å². The van der Waals surface area contributed by atoms with Gasteiger partial charge in [0.05, 0.1) is 6.54 Å². The number of nitrogens with one attached hydrogen (secondary N) is 3. The third kappa shape index (κ3) is 6.03. The van der Waals surface area contributed by atoms with Gasteiger partial charge in [0.2, 0.25) is 5.91 Å². The molecule has 0 radical (unpaired) electrons. The van der Waals surface area contributed by atoms with Crippen LogP contribution in [0.2, 0.25) is 0 Å². The van der Waals surface area contributed by atoms with Gasteiger partial charge in [-0.05, 0) is 24.6 Å². The quantitative estimate of drug-likeness (QED) is 0.758. The largest absolute Gasteiger partial charge is 0.336 e. The Morgan fingerprint density at radius 1 is 1.30 bits per heavy atom. The number of carbonyl (C=O) groups is 2. The van der Waals surface area contributed by atoms with E-state index < -0.39 is 6.03 Å². The maximum atomic E-state index is 12.8. The molecule has 0 aliphatic carbocycles. The summed E-state index contributed by atoms with van der Waals surface area (Å²) in [6.07, 6.45) is 0. The van der Waals surface area contributed by atoms with Crippen LogP contribution in [0.1, 0.15) is 12.5 Å². The van der Waals surface area contributed by atoms with E-state index in [4.69, 9.17) is 0 Å². The molecule has 1 aromatic carbocycles. The zero-order valence-corrected chi connectivity index (χ0v) is 13.8. The lowest BCUT2D eigenvalue weighted by molar-refractivity contribution is -0.132. The SMILES string of the molecule is C[C@H]1CNCCN1C(=O)CNC(=O)NCc1ccc(F)cc1.Cl. The summed E-state index contributed by atoms with van der Waals surface area (Å²) in [6.45, 7) is 4.41. The average Bonchev–Trinajstić information content (AvgIpc) is 2.52. The number of halogens is 2. The molecular weight excluding hydrogens is 323 g/mol. The maximum Gasteiger partial charge on any atom is 0.315 e. The minimum atomic E-state index is -0.416. The van der Waals surface area contributed by atoms with Gasteiger partial charge < -0.3 is 20.9 Å². The third-order valence-electron chi connectivity index (χ3n) is 3.59. The van der Waals surface area contributed by atoms with Gasteiger partial charge in [0.25, 0.3) is 0 Å². The zero-order valence-electron chi connectivity index (χ0n) is 13.0. The van der Waals surface area contributed by atoms with Crippen LogP contribution in [0.3, 0.4) is 0 Å². The van der Waals surface area contributed by atoms with Crippen LogP contribution in [0.4, 0.5) is 9.18 Å². The second kappa shape index (κ2) is 9.32. The molecule has 1 aliphatic rings. The Morgan fingerprint density at radius 3 is 2.65 bits per heavy atom. The van der Waals surface area contributed by atoms with E-state index in [-0.39, 0.29) is 43.3 Å². The molecule has 1 aromatic rings. The number of benzene rings is 1. The molecule has 3 N–H and O–H groups in total. The van der Waals surface area contributed by atoms with Gasteiger partial charge in [0.1, 0.15) is 5.82 Å². The van der Waals surface area contributed by atoms with Gasteiger partial charge in [-0.15, -0.1) is 12.4 Å². The summed E-state index contributed by atoms with van der Waals surface area (Å²) in [5, 5.41) is 8.38. The molecule has 1 saturated heterocycles. The van der Waals surface area contributed by atoms with Crippen molar-refractivity contribution in [1.82, 2.24) is 20.9 Å². The van der Waals surface area contributed by atoms with E-state index in [9.17, 15) is 14.0 Å². The molecular formula is C15H22ClFN4O2. The summed E-state index contributed by atoms with van der Waals surface area (Å²) in [5.41, 5.74) is 0.790. The average molecular weight is 345 g/mol. The van der Waals surface area contributed by atoms with Gasteiger partial charge in [-0.1, -0.05) is 12.1 Å². The monoisotopic (exact) mass is 344 g/mol. The van der Waals surface area contributed by atoms with Crippen LogP contribution in [0, 0.1) is 5.82 Å². The predicted molar refractivity (Wildman–Crippen MR) is 87.9 cm³/mol. The summed E-state index contributed by atoms with van der Waals surface area (Å²) in [4.78, 5) is 25.5. The fourth-order valence-electron chi connectivity index (χ4n) is 2.32. The fraction of sp³-hybridized carbons (Fsp3) is 0.467. The van der Waals surface area contributed by atoms with E-state index in [2.05, 4.69) is 16.0 Å². The smallest absolute Gasteiger partial charge is 0.315 e. The zero-order chi connectivity index (χ0) is 15.9. The summed E-state index contributed by atoms with van der Waals surface area (Å²) < 4.78 is 12.8. The normalized spacial score (nSPS) is 17.1. The van der Waals surface area contributed by atoms with E-state index >= 15 is 0 Å². The van der Waals surface area contributed by atoms with Crippen molar-refractivity contribution >= 4 is 24.3 Å². The first kappa shape index (κ1) is 19.2. The molecule has 1 aliphatic heterocycles. The number of piperazine rings is 1. The van der Waals surface area contributed by atoms with Crippen molar-refractivity contribution in [3.63, 3.8) is 0 Å². The Labute approximate surface area is 141 Å². The summed E-state index contributed by atoms with van der Waals surface area (Å²) >= 11 is 0. The number of carbonyl (C=O) groups excluding carboxylic acids is 2. The first-order chi connectivity index (χ1) is 10.6. The van der Waals surface area contributed by atoms with Crippen molar-refractivity contribution in [3.05, 3.63) is 35.6 Å². The van der Waals surface area contributed by atoms with Gasteiger partial charge in [0, 0.05) is 32.2 Å². The number of urea groups is 1. The van der Waals surface area contributed by atoms with Gasteiger partial charge >= 0.3 is 6.03 Å². The van der Waals surface area contributed by atoms with E-state index in [1.54, 1.807) is 17.0 Å². The number of amides is 3. The molecule has 0 saturated carbocycles. The van der Waals surface area contributed by atoms with Gasteiger partial charge in [-0.2, -0.15) is 0 Å². The van der Waals surface area contributed by atoms with Crippen LogP contribution in [-0.4, -0.2) is 49.1 Å². The molecule has 8 heteroatoms. The van der Waals surface area contributed by atoms with Crippen molar-refractivity contribution < 1.29 is 14.0 Å². The lowest BCUT2D eigenvalue weighted by Gasteiger charge is -2.34. The number of nitrogens with zero attached hydrogens (tertiary/aromatic N) is 1. The van der Waals surface area contributed by atoms with Crippen molar-refractivity contribution in [2.45, 2.75) is 19.5 Å². The van der Waals surface area contributed by atoms with Crippen LogP contribution in [0.15, 0.2) is 24.3 Å². The van der Waals surface area contributed by atoms with Crippen LogP contribution < -0.4 is 16.0 Å². The van der Waals surface area contributed by atoms with E-state index in [1.165, 1.54) is 12.1 Å². The number of hydrogen-bond acceptors (Lipinski definition) is 3. The van der Waals surface area contributed by atoms with Gasteiger partial charge in [0.15, 0.2) is 0 Å². The molecule has 2 rings (SSSR count). The minimum Gasteiger partial charge on any atom is -0.336 e. The van der Waals surface area contributed by atoms with Crippen molar-refractivity contribution in [3.8, 4) is 0 Å². The van der Waals surface area contributed by atoms with Gasteiger partial charge in [-0.25, -0.2) is 9.18 Å². The number of hydrogen-bond donors (Lipinski definition) is 3. The van der Waals surface area contributed by atoms with E-state index in [0.717, 1.165) is 18.7 Å². The lowest BCUT2D eigenvalue weighted by Crippen LogP contribution is -2.55. The van der Waals surface area contributed by atoms with Crippen molar-refractivity contribution in [2.24, 2.45) is 0 Å². The van der Waals surface area contributed by atoms with Crippen LogP contribution in [0.5, 0.6) is 0 Å². The molecule has 1 heterocycles. The predicted octanol–water partition coefficient (Wildman–Crippen LogP) is 0.867. The molecule has 6 nitrogen and oxygen atoms in total. The highest BCUT2D eigenvalue weighted by Gasteiger charge is 2.22. The Bertz CT molecular complexity index is 527. The lowest BCUT2D eigenvalue weighted by atomic mass is 10.2. The van der Waals surface area contributed by atoms with E-state index in [0.29, 0.717) is 6.54 Å². The summed E-state index contributed by atoms with van der Waals surface area (Å²) in [7, 11) is 0. The molecule has 1 atom stereocenters. The topological polar surface area (TPSA) is 73.5 Å². The minimum absolute atomic E-state index is 0. The number of rotatable bonds is 4. The van der Waals surface area contributed by atoms with Crippen LogP contribution in [-0.2, 0) is 11.3 Å². The third-order valence-corrected chi connectivity index (χ3v) is 3.59. The Hall–Kier alpha value is -1.86. The van der Waals surface area contributed by atoms with Crippen molar-refractivity contribution in [2.75, 3.05) is 26.2 Å². The fourth-order valence-corrected chi connectivity index (χ4v) is 2.32. The molecule has 128 valence electrons. The van der Waals surface area contributed by atoms with Crippen LogP contribution >= 0.6 is 12.4 Å².